The first kappa shape index (κ1) is 14.7. The number of nitrogens with zero attached hydrogens (tertiary/aromatic N) is 2. The minimum Gasteiger partial charge on any atom is -0.409 e. The van der Waals surface area contributed by atoms with Crippen LogP contribution in [-0.2, 0) is 4.79 Å². The topological polar surface area (TPSA) is 99.2 Å². The third-order valence-corrected chi connectivity index (χ3v) is 2.89. The molecular formula is C10H21N3O3. The van der Waals surface area contributed by atoms with Crippen molar-refractivity contribution in [1.29, 1.82) is 0 Å². The van der Waals surface area contributed by atoms with Gasteiger partial charge < -0.3 is 20.9 Å². The van der Waals surface area contributed by atoms with E-state index in [2.05, 4.69) is 5.16 Å². The summed E-state index contributed by atoms with van der Waals surface area (Å²) in [5.74, 6) is -0.335. The van der Waals surface area contributed by atoms with Crippen LogP contribution in [0.25, 0.3) is 0 Å². The van der Waals surface area contributed by atoms with E-state index in [4.69, 9.17) is 16.0 Å². The number of hydrogen-bond donors (Lipinski definition) is 3. The van der Waals surface area contributed by atoms with Crippen molar-refractivity contribution in [2.24, 2.45) is 16.3 Å². The molecule has 16 heavy (non-hydrogen) atoms. The molecule has 1 amide bonds. The summed E-state index contributed by atoms with van der Waals surface area (Å²) in [5.41, 5.74) is 4.53. The average Bonchev–Trinajstić information content (AvgIpc) is 2.32. The number of amidine groups is 1. The predicted molar refractivity (Wildman–Crippen MR) is 61.1 cm³/mol. The second-order valence-electron chi connectivity index (χ2n) is 3.78. The fourth-order valence-electron chi connectivity index (χ4n) is 1.43. The Morgan fingerprint density at radius 2 is 2.06 bits per heavy atom. The summed E-state index contributed by atoms with van der Waals surface area (Å²) in [5, 5.41) is 20.4. The molecule has 6 heteroatoms. The monoisotopic (exact) mass is 231 g/mol. The molecule has 4 N–H and O–H groups in total. The molecule has 0 radical (unpaired) electrons. The molecule has 0 spiro atoms. The van der Waals surface area contributed by atoms with Crippen LogP contribution in [0.3, 0.4) is 0 Å². The first-order valence-corrected chi connectivity index (χ1v) is 5.36. The summed E-state index contributed by atoms with van der Waals surface area (Å²) < 4.78 is 0. The third-order valence-electron chi connectivity index (χ3n) is 2.89. The molecule has 0 aliphatic rings. The number of carbonyl (C=O) groups excluding carboxylic acids is 1. The molecule has 0 aromatic rings. The molecular weight excluding hydrogens is 210 g/mol. The minimum atomic E-state index is -1.01. The van der Waals surface area contributed by atoms with Gasteiger partial charge in [-0.3, -0.25) is 4.79 Å². The molecule has 0 rings (SSSR count). The van der Waals surface area contributed by atoms with Gasteiger partial charge in [-0.05, 0) is 20.3 Å². The number of amides is 1. The Bertz CT molecular complexity index is 268. The molecule has 0 heterocycles. The van der Waals surface area contributed by atoms with Gasteiger partial charge in [-0.25, -0.2) is 0 Å². The van der Waals surface area contributed by atoms with Crippen molar-refractivity contribution in [1.82, 2.24) is 4.90 Å². The largest absolute Gasteiger partial charge is 0.409 e. The summed E-state index contributed by atoms with van der Waals surface area (Å²) in [6, 6.07) is 0. The van der Waals surface area contributed by atoms with Crippen LogP contribution in [0.15, 0.2) is 5.16 Å². The van der Waals surface area contributed by atoms with Gasteiger partial charge >= 0.3 is 0 Å². The molecule has 0 saturated carbocycles. The maximum atomic E-state index is 12.2. The Kier molecular flexibility index (Phi) is 5.81. The van der Waals surface area contributed by atoms with Crippen molar-refractivity contribution in [3.05, 3.63) is 0 Å². The number of rotatable bonds is 6. The first-order chi connectivity index (χ1) is 7.47. The normalized spacial score (nSPS) is 15.6. The number of likely N-dealkylation sites (N-methyl/N-ethyl adjacent to an activating group) is 1. The summed E-state index contributed by atoms with van der Waals surface area (Å²) >= 11 is 0. The van der Waals surface area contributed by atoms with Crippen LogP contribution in [0.1, 0.15) is 27.2 Å². The molecule has 0 fully saturated rings. The summed E-state index contributed by atoms with van der Waals surface area (Å²) in [4.78, 5) is 13.6. The first-order valence-electron chi connectivity index (χ1n) is 5.36. The number of hydrogen-bond acceptors (Lipinski definition) is 4. The van der Waals surface area contributed by atoms with E-state index >= 15 is 0 Å². The SMILES string of the molecule is CCN(CCO)C(=O)C(C)(CC)C(N)=NO. The maximum Gasteiger partial charge on any atom is 0.236 e. The fourth-order valence-corrected chi connectivity index (χ4v) is 1.43. The van der Waals surface area contributed by atoms with Gasteiger partial charge in [0.2, 0.25) is 5.91 Å². The van der Waals surface area contributed by atoms with E-state index < -0.39 is 5.41 Å². The fraction of sp³-hybridized carbons (Fsp3) is 0.800. The van der Waals surface area contributed by atoms with E-state index in [0.717, 1.165) is 0 Å². The van der Waals surface area contributed by atoms with Crippen molar-refractivity contribution in [3.8, 4) is 0 Å². The summed E-state index contributed by atoms with van der Waals surface area (Å²) in [7, 11) is 0. The van der Waals surface area contributed by atoms with Gasteiger partial charge in [-0.15, -0.1) is 0 Å². The third kappa shape index (κ3) is 2.85. The van der Waals surface area contributed by atoms with E-state index in [1.165, 1.54) is 4.90 Å². The average molecular weight is 231 g/mol. The van der Waals surface area contributed by atoms with Crippen molar-refractivity contribution in [2.75, 3.05) is 19.7 Å². The molecule has 0 saturated heterocycles. The highest BCUT2D eigenvalue weighted by Crippen LogP contribution is 2.24. The maximum absolute atomic E-state index is 12.2. The van der Waals surface area contributed by atoms with Crippen molar-refractivity contribution in [3.63, 3.8) is 0 Å². The van der Waals surface area contributed by atoms with Gasteiger partial charge in [-0.1, -0.05) is 12.1 Å². The van der Waals surface area contributed by atoms with Gasteiger partial charge in [0.05, 0.1) is 6.61 Å². The van der Waals surface area contributed by atoms with E-state index in [1.807, 2.05) is 6.92 Å². The van der Waals surface area contributed by atoms with E-state index in [-0.39, 0.29) is 24.9 Å². The molecule has 0 aliphatic heterocycles. The van der Waals surface area contributed by atoms with Crippen LogP contribution in [0.2, 0.25) is 0 Å². The highest BCUT2D eigenvalue weighted by atomic mass is 16.4. The molecule has 0 aromatic carbocycles. The van der Waals surface area contributed by atoms with Crippen LogP contribution in [-0.4, -0.2) is 46.7 Å². The van der Waals surface area contributed by atoms with E-state index in [0.29, 0.717) is 13.0 Å². The molecule has 1 atom stereocenters. The van der Waals surface area contributed by atoms with Crippen molar-refractivity contribution in [2.45, 2.75) is 27.2 Å². The lowest BCUT2D eigenvalue weighted by Crippen LogP contribution is -2.50. The van der Waals surface area contributed by atoms with Gasteiger partial charge in [-0.2, -0.15) is 0 Å². The standard InChI is InChI=1S/C10H21N3O3/c1-4-10(3,8(11)12-16)9(15)13(5-2)6-7-14/h14,16H,4-7H2,1-3H3,(H2,11,12). The van der Waals surface area contributed by atoms with Gasteiger partial charge in [0, 0.05) is 13.1 Å². The highest BCUT2D eigenvalue weighted by molar-refractivity contribution is 6.06. The zero-order valence-electron chi connectivity index (χ0n) is 10.1. The minimum absolute atomic E-state index is 0.101. The smallest absolute Gasteiger partial charge is 0.236 e. The molecule has 0 bridgehead atoms. The van der Waals surface area contributed by atoms with Crippen LogP contribution < -0.4 is 5.73 Å². The Morgan fingerprint density at radius 3 is 2.38 bits per heavy atom. The second kappa shape index (κ2) is 6.32. The predicted octanol–water partition coefficient (Wildman–Crippen LogP) is -0.0101. The number of aliphatic hydroxyl groups excluding tert-OH is 1. The summed E-state index contributed by atoms with van der Waals surface area (Å²) in [6.45, 7) is 5.87. The van der Waals surface area contributed by atoms with Crippen LogP contribution in [0.5, 0.6) is 0 Å². The molecule has 1 unspecified atom stereocenters. The lowest BCUT2D eigenvalue weighted by molar-refractivity contribution is -0.138. The Morgan fingerprint density at radius 1 is 1.50 bits per heavy atom. The lowest BCUT2D eigenvalue weighted by atomic mass is 9.84. The zero-order chi connectivity index (χ0) is 12.8. The molecule has 0 aromatic heterocycles. The van der Waals surface area contributed by atoms with Crippen LogP contribution >= 0.6 is 0 Å². The highest BCUT2D eigenvalue weighted by Gasteiger charge is 2.38. The van der Waals surface area contributed by atoms with E-state index in [1.54, 1.807) is 13.8 Å². The van der Waals surface area contributed by atoms with Gasteiger partial charge in [0.15, 0.2) is 5.84 Å². The van der Waals surface area contributed by atoms with Gasteiger partial charge in [0.1, 0.15) is 5.41 Å². The Labute approximate surface area is 95.7 Å². The molecule has 94 valence electrons. The zero-order valence-corrected chi connectivity index (χ0v) is 10.1. The number of carbonyl (C=O) groups is 1. The van der Waals surface area contributed by atoms with Crippen LogP contribution in [0.4, 0.5) is 0 Å². The molecule has 0 aliphatic carbocycles. The quantitative estimate of drug-likeness (QED) is 0.259. The number of nitrogens with two attached hydrogens (primary N) is 1. The number of oxime groups is 1. The number of aliphatic hydroxyl groups is 1. The lowest BCUT2D eigenvalue weighted by Gasteiger charge is -2.31. The van der Waals surface area contributed by atoms with E-state index in [9.17, 15) is 4.79 Å². The Hall–Kier alpha value is -1.30. The van der Waals surface area contributed by atoms with Gasteiger partial charge in [0.25, 0.3) is 0 Å². The second-order valence-corrected chi connectivity index (χ2v) is 3.78. The van der Waals surface area contributed by atoms with Crippen LogP contribution in [0, 0.1) is 5.41 Å². The molecule has 6 nitrogen and oxygen atoms in total. The van der Waals surface area contributed by atoms with Crippen molar-refractivity contribution >= 4 is 11.7 Å². The summed E-state index contributed by atoms with van der Waals surface area (Å²) in [6.07, 6.45) is 0.434. The Balaban J connectivity index is 5.02. The van der Waals surface area contributed by atoms with Crippen molar-refractivity contribution < 1.29 is 15.1 Å².